The Balaban J connectivity index is 1.42. The van der Waals surface area contributed by atoms with E-state index in [1.54, 1.807) is 18.3 Å². The third kappa shape index (κ3) is 4.83. The van der Waals surface area contributed by atoms with Crippen molar-refractivity contribution in [3.05, 3.63) is 106 Å². The molecule has 1 aromatic heterocycles. The van der Waals surface area contributed by atoms with Crippen molar-refractivity contribution in [3.8, 4) is 0 Å². The Morgan fingerprint density at radius 3 is 2.37 bits per heavy atom. The molecular weight excluding hydrogens is 442 g/mol. The summed E-state index contributed by atoms with van der Waals surface area (Å²) in [7, 11) is 0. The molecule has 0 bridgehead atoms. The number of benzene rings is 3. The number of nitro benzene ring substituents is 1. The fourth-order valence-electron chi connectivity index (χ4n) is 4.54. The van der Waals surface area contributed by atoms with E-state index in [1.165, 1.54) is 17.7 Å². The molecule has 0 spiro atoms. The van der Waals surface area contributed by atoms with Crippen LogP contribution < -0.4 is 10.2 Å². The highest BCUT2D eigenvalue weighted by atomic mass is 16.6. The quantitative estimate of drug-likeness (QED) is 0.326. The van der Waals surface area contributed by atoms with Gasteiger partial charge in [-0.25, -0.2) is 0 Å². The minimum Gasteiger partial charge on any atom is -0.367 e. The second-order valence-corrected chi connectivity index (χ2v) is 8.51. The van der Waals surface area contributed by atoms with Crippen molar-refractivity contribution >= 4 is 33.9 Å². The van der Waals surface area contributed by atoms with Gasteiger partial charge in [0.25, 0.3) is 11.6 Å². The van der Waals surface area contributed by atoms with E-state index in [9.17, 15) is 14.9 Å². The highest BCUT2D eigenvalue weighted by molar-refractivity contribution is 6.11. The van der Waals surface area contributed by atoms with Gasteiger partial charge in [-0.2, -0.15) is 0 Å². The number of para-hydroxylation sites is 2. The number of piperazine rings is 1. The summed E-state index contributed by atoms with van der Waals surface area (Å²) in [6.45, 7) is 4.23. The van der Waals surface area contributed by atoms with Crippen molar-refractivity contribution in [2.75, 3.05) is 36.4 Å². The van der Waals surface area contributed by atoms with Crippen LogP contribution in [0.1, 0.15) is 15.9 Å². The summed E-state index contributed by atoms with van der Waals surface area (Å²) in [4.78, 5) is 33.2. The molecule has 0 aliphatic carbocycles. The smallest absolute Gasteiger partial charge is 0.282 e. The molecule has 1 aliphatic rings. The number of rotatable bonds is 6. The first-order valence-corrected chi connectivity index (χ1v) is 11.5. The van der Waals surface area contributed by atoms with Crippen LogP contribution in [0.3, 0.4) is 0 Å². The maximum atomic E-state index is 13.1. The number of hydrogen-bond donors (Lipinski definition) is 1. The molecule has 2 heterocycles. The molecule has 0 atom stereocenters. The minimum absolute atomic E-state index is 0.0179. The highest BCUT2D eigenvalue weighted by Crippen LogP contribution is 2.35. The standard InChI is InChI=1S/C27H25N5O3/c33-27(22-11-5-7-13-25(22)32(34)35)29-24-18-28-23-12-6-4-10-21(23)26(24)31-16-14-30(15-17-31)19-20-8-2-1-3-9-20/h1-13,18H,14-17,19H2,(H,29,33). The Labute approximate surface area is 203 Å². The number of anilines is 2. The van der Waals surface area contributed by atoms with Gasteiger partial charge in [0.2, 0.25) is 0 Å². The van der Waals surface area contributed by atoms with E-state index in [0.717, 1.165) is 49.3 Å². The minimum atomic E-state index is -0.541. The number of nitrogens with zero attached hydrogens (tertiary/aromatic N) is 4. The van der Waals surface area contributed by atoms with Gasteiger partial charge in [-0.15, -0.1) is 0 Å². The monoisotopic (exact) mass is 467 g/mol. The first-order valence-electron chi connectivity index (χ1n) is 11.5. The van der Waals surface area contributed by atoms with Gasteiger partial charge < -0.3 is 10.2 Å². The van der Waals surface area contributed by atoms with Crippen molar-refractivity contribution in [1.82, 2.24) is 9.88 Å². The normalized spacial score (nSPS) is 14.1. The van der Waals surface area contributed by atoms with Crippen LogP contribution in [0.25, 0.3) is 10.9 Å². The molecule has 176 valence electrons. The number of carbonyl (C=O) groups excluding carboxylic acids is 1. The highest BCUT2D eigenvalue weighted by Gasteiger charge is 2.25. The van der Waals surface area contributed by atoms with Crippen LogP contribution in [0.2, 0.25) is 0 Å². The van der Waals surface area contributed by atoms with Crippen molar-refractivity contribution in [3.63, 3.8) is 0 Å². The van der Waals surface area contributed by atoms with E-state index < -0.39 is 10.8 Å². The van der Waals surface area contributed by atoms with Crippen LogP contribution in [0.4, 0.5) is 17.1 Å². The molecule has 0 radical (unpaired) electrons. The first-order chi connectivity index (χ1) is 17.1. The van der Waals surface area contributed by atoms with E-state index >= 15 is 0 Å². The van der Waals surface area contributed by atoms with Gasteiger partial charge in [-0.05, 0) is 17.7 Å². The Bertz CT molecular complexity index is 1370. The fourth-order valence-corrected chi connectivity index (χ4v) is 4.54. The lowest BCUT2D eigenvalue weighted by atomic mass is 10.1. The molecule has 8 nitrogen and oxygen atoms in total. The maximum absolute atomic E-state index is 13.1. The van der Waals surface area contributed by atoms with Crippen LogP contribution in [0, 0.1) is 10.1 Å². The van der Waals surface area contributed by atoms with Crippen molar-refractivity contribution in [2.45, 2.75) is 6.54 Å². The van der Waals surface area contributed by atoms with Gasteiger partial charge in [-0.3, -0.25) is 24.8 Å². The van der Waals surface area contributed by atoms with Gasteiger partial charge in [0, 0.05) is 44.2 Å². The van der Waals surface area contributed by atoms with Gasteiger partial charge in [0.15, 0.2) is 0 Å². The van der Waals surface area contributed by atoms with Crippen LogP contribution >= 0.6 is 0 Å². The average Bonchev–Trinajstić information content (AvgIpc) is 2.90. The molecule has 8 heteroatoms. The van der Waals surface area contributed by atoms with Crippen LogP contribution in [-0.4, -0.2) is 46.9 Å². The Morgan fingerprint density at radius 1 is 0.914 bits per heavy atom. The summed E-state index contributed by atoms with van der Waals surface area (Å²) in [6.07, 6.45) is 1.64. The summed E-state index contributed by atoms with van der Waals surface area (Å²) < 4.78 is 0. The van der Waals surface area contributed by atoms with Gasteiger partial charge in [-0.1, -0.05) is 60.7 Å². The van der Waals surface area contributed by atoms with Gasteiger partial charge >= 0.3 is 0 Å². The van der Waals surface area contributed by atoms with Crippen LogP contribution in [-0.2, 0) is 6.54 Å². The van der Waals surface area contributed by atoms with Crippen molar-refractivity contribution in [1.29, 1.82) is 0 Å². The Hall–Kier alpha value is -4.30. The number of carbonyl (C=O) groups is 1. The molecule has 0 saturated carbocycles. The Kier molecular flexibility index (Phi) is 6.36. The summed E-state index contributed by atoms with van der Waals surface area (Å²) in [6, 6.07) is 24.2. The largest absolute Gasteiger partial charge is 0.367 e. The lowest BCUT2D eigenvalue weighted by Gasteiger charge is -2.37. The fraction of sp³-hybridized carbons (Fsp3) is 0.185. The summed E-state index contributed by atoms with van der Waals surface area (Å²) in [5, 5.41) is 15.3. The predicted octanol–water partition coefficient (Wildman–Crippen LogP) is 4.72. The van der Waals surface area contributed by atoms with E-state index in [2.05, 4.69) is 44.4 Å². The number of nitro groups is 1. The molecule has 1 aliphatic heterocycles. The molecule has 4 aromatic rings. The third-order valence-electron chi connectivity index (χ3n) is 6.28. The van der Waals surface area contributed by atoms with Crippen molar-refractivity contribution in [2.24, 2.45) is 0 Å². The lowest BCUT2D eigenvalue weighted by molar-refractivity contribution is -0.385. The number of fused-ring (bicyclic) bond motifs is 1. The maximum Gasteiger partial charge on any atom is 0.282 e. The second kappa shape index (κ2) is 9.90. The number of aromatic nitrogens is 1. The third-order valence-corrected chi connectivity index (χ3v) is 6.28. The predicted molar refractivity (Wildman–Crippen MR) is 137 cm³/mol. The topological polar surface area (TPSA) is 91.6 Å². The SMILES string of the molecule is O=C(Nc1cnc2ccccc2c1N1CCN(Cc2ccccc2)CC1)c1ccccc1[N+](=O)[O-]. The van der Waals surface area contributed by atoms with Gasteiger partial charge in [0.05, 0.1) is 28.0 Å². The summed E-state index contributed by atoms with van der Waals surface area (Å²) in [5.74, 6) is -0.529. The molecule has 5 rings (SSSR count). The molecule has 1 N–H and O–H groups in total. The van der Waals surface area contributed by atoms with Gasteiger partial charge in [0.1, 0.15) is 5.56 Å². The lowest BCUT2D eigenvalue weighted by Crippen LogP contribution is -2.46. The van der Waals surface area contributed by atoms with Crippen molar-refractivity contribution < 1.29 is 9.72 Å². The van der Waals surface area contributed by atoms with E-state index in [0.29, 0.717) is 5.69 Å². The molecule has 1 amide bonds. The van der Waals surface area contributed by atoms with Crippen LogP contribution in [0.5, 0.6) is 0 Å². The van der Waals surface area contributed by atoms with E-state index in [-0.39, 0.29) is 11.3 Å². The number of hydrogen-bond acceptors (Lipinski definition) is 6. The Morgan fingerprint density at radius 2 is 1.60 bits per heavy atom. The van der Waals surface area contributed by atoms with Crippen LogP contribution in [0.15, 0.2) is 85.1 Å². The van der Waals surface area contributed by atoms with E-state index in [1.807, 2.05) is 30.3 Å². The van der Waals surface area contributed by atoms with E-state index in [4.69, 9.17) is 0 Å². The second-order valence-electron chi connectivity index (χ2n) is 8.51. The molecular formula is C27H25N5O3. The zero-order chi connectivity index (χ0) is 24.2. The number of nitrogens with one attached hydrogen (secondary N) is 1. The molecule has 35 heavy (non-hydrogen) atoms. The number of amides is 1. The summed E-state index contributed by atoms with van der Waals surface area (Å²) >= 11 is 0. The zero-order valence-electron chi connectivity index (χ0n) is 19.1. The molecule has 3 aromatic carbocycles. The average molecular weight is 468 g/mol. The molecule has 1 fully saturated rings. The molecule has 1 saturated heterocycles. The molecule has 0 unspecified atom stereocenters. The summed E-state index contributed by atoms with van der Waals surface area (Å²) in [5.41, 5.74) is 3.34. The zero-order valence-corrected chi connectivity index (χ0v) is 19.1. The first kappa shape index (κ1) is 22.5. The number of pyridine rings is 1.